The van der Waals surface area contributed by atoms with E-state index in [4.69, 9.17) is 10.5 Å². The van der Waals surface area contributed by atoms with E-state index in [9.17, 15) is 9.90 Å². The fraction of sp³-hybridized carbons (Fsp3) is 0.500. The van der Waals surface area contributed by atoms with E-state index >= 15 is 0 Å². The Bertz CT molecular complexity index is 571. The minimum Gasteiger partial charge on any atom is -0.459 e. The molecule has 1 saturated carbocycles. The van der Waals surface area contributed by atoms with Gasteiger partial charge in [-0.05, 0) is 43.2 Å². The molecule has 1 fully saturated rings. The normalized spacial score (nSPS) is 23.2. The highest BCUT2D eigenvalue weighted by atomic mass is 35.5. The molecule has 0 aromatic heterocycles. The van der Waals surface area contributed by atoms with Crippen LogP contribution in [0.2, 0.25) is 0 Å². The highest BCUT2D eigenvalue weighted by Crippen LogP contribution is 2.46. The zero-order chi connectivity index (χ0) is 15.6. The van der Waals surface area contributed by atoms with Gasteiger partial charge in [-0.1, -0.05) is 36.4 Å². The van der Waals surface area contributed by atoms with Crippen molar-refractivity contribution in [3.8, 4) is 0 Å². The number of nitrogens with two attached hydrogens (primary N) is 1. The molecule has 1 aromatic carbocycles. The van der Waals surface area contributed by atoms with Gasteiger partial charge in [0, 0.05) is 12.0 Å². The van der Waals surface area contributed by atoms with Crippen LogP contribution in [-0.2, 0) is 15.1 Å². The van der Waals surface area contributed by atoms with Crippen molar-refractivity contribution in [3.05, 3.63) is 47.5 Å². The lowest BCUT2D eigenvalue weighted by Crippen LogP contribution is -2.40. The first-order valence-corrected chi connectivity index (χ1v) is 7.99. The van der Waals surface area contributed by atoms with Gasteiger partial charge >= 0.3 is 5.97 Å². The highest BCUT2D eigenvalue weighted by Gasteiger charge is 2.52. The molecule has 3 N–H and O–H groups in total. The van der Waals surface area contributed by atoms with Crippen LogP contribution in [0.4, 0.5) is 0 Å². The smallest absolute Gasteiger partial charge is 0.343 e. The summed E-state index contributed by atoms with van der Waals surface area (Å²) in [7, 11) is 0. The van der Waals surface area contributed by atoms with Crippen LogP contribution in [0.25, 0.3) is 0 Å². The van der Waals surface area contributed by atoms with Gasteiger partial charge in [-0.25, -0.2) is 4.79 Å². The Labute approximate surface area is 143 Å². The number of esters is 1. The van der Waals surface area contributed by atoms with Crippen LogP contribution in [0.1, 0.15) is 37.7 Å². The van der Waals surface area contributed by atoms with E-state index in [1.807, 2.05) is 18.2 Å². The van der Waals surface area contributed by atoms with Gasteiger partial charge in [0.1, 0.15) is 6.61 Å². The van der Waals surface area contributed by atoms with Gasteiger partial charge in [0.05, 0.1) is 0 Å². The molecule has 1 aromatic rings. The third-order valence-electron chi connectivity index (χ3n) is 4.63. The number of hydrogen-bond donors (Lipinski definition) is 2. The third-order valence-corrected chi connectivity index (χ3v) is 4.63. The van der Waals surface area contributed by atoms with Crippen molar-refractivity contribution in [2.24, 2.45) is 11.7 Å². The van der Waals surface area contributed by atoms with E-state index in [0.717, 1.165) is 37.7 Å². The summed E-state index contributed by atoms with van der Waals surface area (Å²) in [6.07, 6.45) is 6.39. The molecule has 5 heteroatoms. The quantitative estimate of drug-likeness (QED) is 0.640. The summed E-state index contributed by atoms with van der Waals surface area (Å²) in [5.74, 6) is -0.562. The maximum absolute atomic E-state index is 12.5. The Morgan fingerprint density at radius 3 is 2.52 bits per heavy atom. The molecule has 2 unspecified atom stereocenters. The van der Waals surface area contributed by atoms with Crippen molar-refractivity contribution < 1.29 is 14.6 Å². The largest absolute Gasteiger partial charge is 0.459 e. The summed E-state index contributed by atoms with van der Waals surface area (Å²) in [4.78, 5) is 12.5. The van der Waals surface area contributed by atoms with Crippen molar-refractivity contribution >= 4 is 18.4 Å². The van der Waals surface area contributed by atoms with Crippen LogP contribution in [0.3, 0.4) is 0 Å². The molecule has 4 nitrogen and oxygen atoms in total. The van der Waals surface area contributed by atoms with Gasteiger partial charge < -0.3 is 15.6 Å². The Morgan fingerprint density at radius 2 is 1.96 bits per heavy atom. The Kier molecular flexibility index (Phi) is 5.84. The molecule has 3 rings (SSSR count). The van der Waals surface area contributed by atoms with Gasteiger partial charge in [0.2, 0.25) is 0 Å². The summed E-state index contributed by atoms with van der Waals surface area (Å²) in [5, 5.41) is 10.9. The summed E-state index contributed by atoms with van der Waals surface area (Å²) in [5.41, 5.74) is 6.07. The molecule has 0 amide bonds. The maximum atomic E-state index is 12.5. The van der Waals surface area contributed by atoms with E-state index in [-0.39, 0.29) is 31.0 Å². The molecular formula is C18H24ClNO3. The van der Waals surface area contributed by atoms with Crippen molar-refractivity contribution in [1.29, 1.82) is 0 Å². The Balaban J connectivity index is 0.00000192. The lowest BCUT2D eigenvalue weighted by Gasteiger charge is -2.27. The fourth-order valence-electron chi connectivity index (χ4n) is 3.02. The molecule has 2 aliphatic carbocycles. The standard InChI is InChI=1S/C18H23NO3.ClH/c19-16-10-6-13(7-11-16)12-22-17(20)18(21,15-8-9-15)14-4-2-1-3-5-14;/h1-6,15-16,21H,7-12,19H2;1H. The lowest BCUT2D eigenvalue weighted by atomic mass is 9.89. The number of hydrogen-bond acceptors (Lipinski definition) is 4. The van der Waals surface area contributed by atoms with Gasteiger partial charge in [-0.15, -0.1) is 12.4 Å². The van der Waals surface area contributed by atoms with E-state index in [1.165, 1.54) is 0 Å². The summed E-state index contributed by atoms with van der Waals surface area (Å²) in [6, 6.07) is 9.34. The van der Waals surface area contributed by atoms with E-state index in [0.29, 0.717) is 5.56 Å². The molecule has 126 valence electrons. The van der Waals surface area contributed by atoms with E-state index < -0.39 is 11.6 Å². The second-order valence-corrected chi connectivity index (χ2v) is 6.38. The first-order chi connectivity index (χ1) is 10.6. The molecule has 0 aliphatic heterocycles. The molecule has 0 radical (unpaired) electrons. The minimum atomic E-state index is -1.51. The van der Waals surface area contributed by atoms with Gasteiger partial charge in [-0.3, -0.25) is 0 Å². The third kappa shape index (κ3) is 3.94. The van der Waals surface area contributed by atoms with Crippen LogP contribution in [-0.4, -0.2) is 23.7 Å². The molecule has 0 saturated heterocycles. The zero-order valence-electron chi connectivity index (χ0n) is 13.1. The van der Waals surface area contributed by atoms with Gasteiger partial charge in [0.25, 0.3) is 0 Å². The number of benzene rings is 1. The van der Waals surface area contributed by atoms with Crippen LogP contribution in [0, 0.1) is 5.92 Å². The predicted octanol–water partition coefficient (Wildman–Crippen LogP) is 2.69. The monoisotopic (exact) mass is 337 g/mol. The molecule has 2 aliphatic rings. The number of aliphatic hydroxyl groups is 1. The molecule has 2 atom stereocenters. The van der Waals surface area contributed by atoms with Gasteiger partial charge in [0.15, 0.2) is 5.60 Å². The minimum absolute atomic E-state index is 0. The second kappa shape index (κ2) is 7.47. The topological polar surface area (TPSA) is 72.5 Å². The van der Waals surface area contributed by atoms with Crippen LogP contribution >= 0.6 is 12.4 Å². The summed E-state index contributed by atoms with van der Waals surface area (Å²) in [6.45, 7) is 0.257. The predicted molar refractivity (Wildman–Crippen MR) is 91.2 cm³/mol. The number of carbonyl (C=O) groups is 1. The molecule has 0 spiro atoms. The van der Waals surface area contributed by atoms with Crippen LogP contribution < -0.4 is 5.73 Å². The number of halogens is 1. The second-order valence-electron chi connectivity index (χ2n) is 6.38. The van der Waals surface area contributed by atoms with E-state index in [2.05, 4.69) is 6.08 Å². The summed E-state index contributed by atoms with van der Waals surface area (Å²) < 4.78 is 5.44. The average Bonchev–Trinajstić information content (AvgIpc) is 3.39. The Morgan fingerprint density at radius 1 is 1.26 bits per heavy atom. The average molecular weight is 338 g/mol. The highest BCUT2D eigenvalue weighted by molar-refractivity contribution is 5.85. The number of carbonyl (C=O) groups excluding carboxylic acids is 1. The van der Waals surface area contributed by atoms with Crippen molar-refractivity contribution in [2.45, 2.75) is 43.7 Å². The van der Waals surface area contributed by atoms with Crippen LogP contribution in [0.15, 0.2) is 42.0 Å². The van der Waals surface area contributed by atoms with Crippen molar-refractivity contribution in [2.75, 3.05) is 6.61 Å². The zero-order valence-corrected chi connectivity index (χ0v) is 13.9. The number of ether oxygens (including phenoxy) is 1. The summed E-state index contributed by atoms with van der Waals surface area (Å²) >= 11 is 0. The fourth-order valence-corrected chi connectivity index (χ4v) is 3.02. The van der Waals surface area contributed by atoms with Crippen molar-refractivity contribution in [3.63, 3.8) is 0 Å². The number of rotatable bonds is 5. The lowest BCUT2D eigenvalue weighted by molar-refractivity contribution is -0.168. The molecule has 0 bridgehead atoms. The molecular weight excluding hydrogens is 314 g/mol. The van der Waals surface area contributed by atoms with E-state index in [1.54, 1.807) is 12.1 Å². The molecule has 0 heterocycles. The first kappa shape index (κ1) is 18.0. The van der Waals surface area contributed by atoms with Gasteiger partial charge in [-0.2, -0.15) is 0 Å². The Hall–Kier alpha value is -1.36. The SMILES string of the molecule is Cl.NC1CC=C(COC(=O)C(O)(c2ccccc2)C2CC2)CC1. The van der Waals surface area contributed by atoms with Crippen molar-refractivity contribution in [1.82, 2.24) is 0 Å². The maximum Gasteiger partial charge on any atom is 0.343 e. The van der Waals surface area contributed by atoms with Crippen LogP contribution in [0.5, 0.6) is 0 Å². The first-order valence-electron chi connectivity index (χ1n) is 7.99. The molecule has 23 heavy (non-hydrogen) atoms.